The summed E-state index contributed by atoms with van der Waals surface area (Å²) in [5.74, 6) is 0. The average Bonchev–Trinajstić information content (AvgIpc) is 2.49. The van der Waals surface area contributed by atoms with Gasteiger partial charge < -0.3 is 5.73 Å². The van der Waals surface area contributed by atoms with Crippen LogP contribution in [0.15, 0.2) is 60.7 Å². The highest BCUT2D eigenvalue weighted by atomic mass is 35.5. The zero-order valence-electron chi connectivity index (χ0n) is 11.3. The zero-order valence-corrected chi connectivity index (χ0v) is 12.1. The first-order chi connectivity index (χ1) is 9.65. The van der Waals surface area contributed by atoms with Crippen LogP contribution < -0.4 is 5.73 Å². The molecule has 100 valence electrons. The van der Waals surface area contributed by atoms with Crippen molar-refractivity contribution in [1.29, 1.82) is 0 Å². The summed E-state index contributed by atoms with van der Waals surface area (Å²) in [6.07, 6.45) is 0. The van der Waals surface area contributed by atoms with Crippen LogP contribution in [0.2, 0.25) is 5.02 Å². The van der Waals surface area contributed by atoms with Gasteiger partial charge >= 0.3 is 0 Å². The Labute approximate surface area is 124 Å². The van der Waals surface area contributed by atoms with Gasteiger partial charge in [-0.2, -0.15) is 0 Å². The predicted octanol–water partition coefficient (Wildman–Crippen LogP) is 4.85. The van der Waals surface area contributed by atoms with Gasteiger partial charge in [0.1, 0.15) is 0 Å². The lowest BCUT2D eigenvalue weighted by Gasteiger charge is -2.14. The average molecular weight is 282 g/mol. The van der Waals surface area contributed by atoms with Crippen molar-refractivity contribution in [1.82, 2.24) is 0 Å². The molecule has 20 heavy (non-hydrogen) atoms. The highest BCUT2D eigenvalue weighted by molar-refractivity contribution is 6.31. The summed E-state index contributed by atoms with van der Waals surface area (Å²) in [6, 6.07) is 20.5. The largest absolute Gasteiger partial charge is 0.320 e. The minimum atomic E-state index is -0.129. The molecule has 0 saturated carbocycles. The second-order valence-corrected chi connectivity index (χ2v) is 5.50. The van der Waals surface area contributed by atoms with Crippen molar-refractivity contribution in [2.75, 3.05) is 0 Å². The number of hydrogen-bond donors (Lipinski definition) is 1. The molecule has 0 aliphatic carbocycles. The van der Waals surface area contributed by atoms with E-state index < -0.39 is 0 Å². The second-order valence-electron chi connectivity index (χ2n) is 5.09. The summed E-state index contributed by atoms with van der Waals surface area (Å²) in [6.45, 7) is 2.00. The highest BCUT2D eigenvalue weighted by Gasteiger charge is 2.10. The molecular formula is C18H16ClN. The Balaban J connectivity index is 2.02. The van der Waals surface area contributed by atoms with E-state index >= 15 is 0 Å². The van der Waals surface area contributed by atoms with Crippen LogP contribution in [-0.4, -0.2) is 0 Å². The number of fused-ring (bicyclic) bond motifs is 1. The first-order valence-electron chi connectivity index (χ1n) is 6.65. The fourth-order valence-electron chi connectivity index (χ4n) is 2.46. The molecule has 3 aromatic carbocycles. The van der Waals surface area contributed by atoms with Gasteiger partial charge in [0.2, 0.25) is 0 Å². The molecule has 0 aliphatic heterocycles. The molecule has 2 N–H and O–H groups in total. The quantitative estimate of drug-likeness (QED) is 0.714. The van der Waals surface area contributed by atoms with Crippen LogP contribution in [0.4, 0.5) is 0 Å². The molecule has 0 heterocycles. The van der Waals surface area contributed by atoms with Crippen LogP contribution in [0.3, 0.4) is 0 Å². The van der Waals surface area contributed by atoms with Crippen LogP contribution in [0, 0.1) is 6.92 Å². The lowest BCUT2D eigenvalue weighted by molar-refractivity contribution is 0.872. The zero-order chi connectivity index (χ0) is 14.1. The van der Waals surface area contributed by atoms with Crippen molar-refractivity contribution in [3.8, 4) is 0 Å². The minimum absolute atomic E-state index is 0.129. The molecule has 0 aliphatic rings. The van der Waals surface area contributed by atoms with Gasteiger partial charge in [-0.25, -0.2) is 0 Å². The van der Waals surface area contributed by atoms with Crippen LogP contribution in [0.25, 0.3) is 10.8 Å². The Morgan fingerprint density at radius 3 is 2.25 bits per heavy atom. The van der Waals surface area contributed by atoms with E-state index in [4.69, 9.17) is 17.3 Å². The lowest BCUT2D eigenvalue weighted by atomic mass is 9.96. The van der Waals surface area contributed by atoms with E-state index in [2.05, 4.69) is 36.4 Å². The Morgan fingerprint density at radius 1 is 0.850 bits per heavy atom. The van der Waals surface area contributed by atoms with Gasteiger partial charge in [-0.3, -0.25) is 0 Å². The molecule has 0 aromatic heterocycles. The molecule has 0 fully saturated rings. The molecule has 3 aromatic rings. The number of halogens is 1. The summed E-state index contributed by atoms with van der Waals surface area (Å²) in [4.78, 5) is 0. The molecule has 0 radical (unpaired) electrons. The number of aryl methyl sites for hydroxylation is 1. The molecule has 1 atom stereocenters. The molecule has 0 bridgehead atoms. The van der Waals surface area contributed by atoms with Crippen molar-refractivity contribution in [2.24, 2.45) is 5.73 Å². The van der Waals surface area contributed by atoms with Gasteiger partial charge in [0, 0.05) is 5.02 Å². The molecule has 2 heteroatoms. The third kappa shape index (κ3) is 2.43. The molecule has 1 nitrogen and oxygen atoms in total. The Kier molecular flexibility index (Phi) is 3.47. The Bertz CT molecular complexity index is 764. The van der Waals surface area contributed by atoms with Gasteiger partial charge in [-0.15, -0.1) is 0 Å². The summed E-state index contributed by atoms with van der Waals surface area (Å²) < 4.78 is 0. The molecule has 1 unspecified atom stereocenters. The van der Waals surface area contributed by atoms with Gasteiger partial charge in [0.05, 0.1) is 6.04 Å². The molecular weight excluding hydrogens is 266 g/mol. The standard InChI is InChI=1S/C18H16ClN/c1-12-10-15(8-9-17(12)19)18(20)16-7-6-13-4-2-3-5-14(13)11-16/h2-11,18H,20H2,1H3. The van der Waals surface area contributed by atoms with Crippen molar-refractivity contribution < 1.29 is 0 Å². The fraction of sp³-hybridized carbons (Fsp3) is 0.111. The summed E-state index contributed by atoms with van der Waals surface area (Å²) in [7, 11) is 0. The Hall–Kier alpha value is -1.83. The maximum absolute atomic E-state index is 6.38. The van der Waals surface area contributed by atoms with Crippen molar-refractivity contribution in [3.05, 3.63) is 82.4 Å². The summed E-state index contributed by atoms with van der Waals surface area (Å²) in [5.41, 5.74) is 9.64. The van der Waals surface area contributed by atoms with Crippen LogP contribution in [0.5, 0.6) is 0 Å². The number of rotatable bonds is 2. The van der Waals surface area contributed by atoms with Gasteiger partial charge in [-0.05, 0) is 46.5 Å². The molecule has 0 amide bonds. The molecule has 0 spiro atoms. The fourth-order valence-corrected chi connectivity index (χ4v) is 2.57. The maximum Gasteiger partial charge on any atom is 0.0551 e. The number of hydrogen-bond acceptors (Lipinski definition) is 1. The SMILES string of the molecule is Cc1cc(C(N)c2ccc3ccccc3c2)ccc1Cl. The van der Waals surface area contributed by atoms with E-state index in [-0.39, 0.29) is 6.04 Å². The van der Waals surface area contributed by atoms with E-state index in [1.165, 1.54) is 10.8 Å². The summed E-state index contributed by atoms with van der Waals surface area (Å²) >= 11 is 6.07. The third-order valence-corrected chi connectivity index (χ3v) is 4.10. The van der Waals surface area contributed by atoms with Crippen LogP contribution >= 0.6 is 11.6 Å². The molecule has 3 rings (SSSR count). The predicted molar refractivity (Wildman–Crippen MR) is 86.2 cm³/mol. The van der Waals surface area contributed by atoms with Crippen molar-refractivity contribution in [3.63, 3.8) is 0 Å². The van der Waals surface area contributed by atoms with Crippen molar-refractivity contribution in [2.45, 2.75) is 13.0 Å². The van der Waals surface area contributed by atoms with E-state index in [0.717, 1.165) is 21.7 Å². The monoisotopic (exact) mass is 281 g/mol. The minimum Gasteiger partial charge on any atom is -0.320 e. The first-order valence-corrected chi connectivity index (χ1v) is 7.03. The summed E-state index contributed by atoms with van der Waals surface area (Å²) in [5, 5.41) is 3.22. The van der Waals surface area contributed by atoms with Gasteiger partial charge in [-0.1, -0.05) is 60.1 Å². The maximum atomic E-state index is 6.38. The van der Waals surface area contributed by atoms with E-state index in [1.54, 1.807) is 0 Å². The van der Waals surface area contributed by atoms with E-state index in [0.29, 0.717) is 0 Å². The normalized spacial score (nSPS) is 12.6. The number of nitrogens with two attached hydrogens (primary N) is 1. The van der Waals surface area contributed by atoms with E-state index in [9.17, 15) is 0 Å². The molecule has 0 saturated heterocycles. The van der Waals surface area contributed by atoms with Crippen molar-refractivity contribution >= 4 is 22.4 Å². The second kappa shape index (κ2) is 5.28. The third-order valence-electron chi connectivity index (χ3n) is 3.67. The van der Waals surface area contributed by atoms with E-state index in [1.807, 2.05) is 31.2 Å². The highest BCUT2D eigenvalue weighted by Crippen LogP contribution is 2.26. The van der Waals surface area contributed by atoms with Gasteiger partial charge in [0.15, 0.2) is 0 Å². The van der Waals surface area contributed by atoms with Crippen LogP contribution in [0.1, 0.15) is 22.7 Å². The topological polar surface area (TPSA) is 26.0 Å². The first kappa shape index (κ1) is 13.2. The number of benzene rings is 3. The lowest BCUT2D eigenvalue weighted by Crippen LogP contribution is -2.11. The Morgan fingerprint density at radius 2 is 1.50 bits per heavy atom. The smallest absolute Gasteiger partial charge is 0.0551 e. The van der Waals surface area contributed by atoms with Gasteiger partial charge in [0.25, 0.3) is 0 Å². The van der Waals surface area contributed by atoms with Crippen LogP contribution in [-0.2, 0) is 0 Å².